The fourth-order valence-electron chi connectivity index (χ4n) is 2.73. The topological polar surface area (TPSA) is 160 Å². The molecule has 0 saturated carbocycles. The second-order valence-corrected chi connectivity index (χ2v) is 8.39. The van der Waals surface area contributed by atoms with E-state index >= 15 is 0 Å². The maximum Gasteiger partial charge on any atom is 0.439 e. The molecule has 0 aliphatic heterocycles. The third-order valence-electron chi connectivity index (χ3n) is 3.92. The van der Waals surface area contributed by atoms with Crippen LogP contribution in [0.4, 0.5) is 11.4 Å². The van der Waals surface area contributed by atoms with E-state index in [1.807, 2.05) is 0 Å². The van der Waals surface area contributed by atoms with Crippen LogP contribution >= 0.6 is 11.6 Å². The molecule has 0 atom stereocenters. The Morgan fingerprint density at radius 2 is 1.93 bits per heavy atom. The van der Waals surface area contributed by atoms with Crippen LogP contribution in [-0.2, 0) is 10.0 Å². The average molecular weight is 450 g/mol. The van der Waals surface area contributed by atoms with Crippen molar-refractivity contribution < 1.29 is 22.3 Å². The number of nitrogens with one attached hydrogen (secondary N) is 3. The number of carbonyl (C=O) groups excluding carboxylic acids is 1. The molecule has 4 aromatic rings. The molecule has 2 aromatic carbocycles. The van der Waals surface area contributed by atoms with Gasteiger partial charge in [-0.15, -0.1) is 0 Å². The number of carbonyl (C=O) groups is 1. The second-order valence-electron chi connectivity index (χ2n) is 6.20. The number of aromatic amines is 1. The molecule has 2 heterocycles. The van der Waals surface area contributed by atoms with E-state index in [9.17, 15) is 18.0 Å². The zero-order valence-corrected chi connectivity index (χ0v) is 16.7. The molecule has 3 N–H and O–H groups in total. The molecule has 2 aromatic heterocycles. The number of benzene rings is 2. The van der Waals surface area contributed by atoms with Gasteiger partial charge in [0.2, 0.25) is 10.0 Å². The summed E-state index contributed by atoms with van der Waals surface area (Å²) in [6.07, 6.45) is 1.02. The number of rotatable bonds is 5. The SMILES string of the molecule is CS(=O)(=O)Nc1ccc2c(C(=O)Nc3ccc(Cl)cc3-c3noc(=O)[nH]3)noc2c1. The van der Waals surface area contributed by atoms with Crippen LogP contribution in [0.2, 0.25) is 5.02 Å². The van der Waals surface area contributed by atoms with Gasteiger partial charge in [-0.3, -0.25) is 19.0 Å². The lowest BCUT2D eigenvalue weighted by atomic mass is 10.1. The van der Waals surface area contributed by atoms with Crippen molar-refractivity contribution in [1.29, 1.82) is 0 Å². The predicted molar refractivity (Wildman–Crippen MR) is 108 cm³/mol. The third kappa shape index (κ3) is 4.04. The lowest BCUT2D eigenvalue weighted by Gasteiger charge is -2.08. The summed E-state index contributed by atoms with van der Waals surface area (Å²) in [5.41, 5.74) is 1.08. The molecule has 13 heteroatoms. The minimum atomic E-state index is -3.47. The molecule has 0 unspecified atom stereocenters. The maximum absolute atomic E-state index is 12.8. The molecule has 4 rings (SSSR count). The van der Waals surface area contributed by atoms with E-state index in [1.54, 1.807) is 6.07 Å². The van der Waals surface area contributed by atoms with Crippen LogP contribution in [0.25, 0.3) is 22.4 Å². The lowest BCUT2D eigenvalue weighted by Crippen LogP contribution is -2.13. The summed E-state index contributed by atoms with van der Waals surface area (Å²) in [6, 6.07) is 8.96. The van der Waals surface area contributed by atoms with Crippen LogP contribution in [-0.4, -0.2) is 35.9 Å². The van der Waals surface area contributed by atoms with Crippen LogP contribution in [0.15, 0.2) is 50.2 Å². The first-order valence-electron chi connectivity index (χ1n) is 8.24. The van der Waals surface area contributed by atoms with E-state index in [1.165, 1.54) is 30.3 Å². The van der Waals surface area contributed by atoms with Gasteiger partial charge in [-0.05, 0) is 30.3 Å². The number of amides is 1. The largest absolute Gasteiger partial charge is 0.439 e. The molecule has 30 heavy (non-hydrogen) atoms. The van der Waals surface area contributed by atoms with Crippen molar-refractivity contribution >= 4 is 49.9 Å². The van der Waals surface area contributed by atoms with Crippen LogP contribution in [0.3, 0.4) is 0 Å². The minimum absolute atomic E-state index is 0.0227. The molecule has 0 bridgehead atoms. The third-order valence-corrected chi connectivity index (χ3v) is 4.76. The molecule has 11 nitrogen and oxygen atoms in total. The highest BCUT2D eigenvalue weighted by Crippen LogP contribution is 2.29. The number of hydrogen-bond donors (Lipinski definition) is 3. The number of nitrogens with zero attached hydrogens (tertiary/aromatic N) is 2. The summed E-state index contributed by atoms with van der Waals surface area (Å²) in [5, 5.41) is 10.8. The van der Waals surface area contributed by atoms with E-state index in [4.69, 9.17) is 16.1 Å². The molecular formula is C17H12ClN5O6S. The smallest absolute Gasteiger partial charge is 0.355 e. The first-order chi connectivity index (χ1) is 14.2. The fraction of sp³-hybridized carbons (Fsp3) is 0.0588. The van der Waals surface area contributed by atoms with Crippen LogP contribution in [0.5, 0.6) is 0 Å². The van der Waals surface area contributed by atoms with E-state index in [0.29, 0.717) is 21.7 Å². The van der Waals surface area contributed by atoms with Gasteiger partial charge >= 0.3 is 5.76 Å². The monoisotopic (exact) mass is 449 g/mol. The zero-order chi connectivity index (χ0) is 21.5. The van der Waals surface area contributed by atoms with Gasteiger partial charge in [0.25, 0.3) is 5.91 Å². The van der Waals surface area contributed by atoms with E-state index in [0.717, 1.165) is 6.26 Å². The summed E-state index contributed by atoms with van der Waals surface area (Å²) < 4.78 is 34.7. The molecule has 0 saturated heterocycles. The summed E-state index contributed by atoms with van der Waals surface area (Å²) in [6.45, 7) is 0. The maximum atomic E-state index is 12.8. The Balaban J connectivity index is 1.66. The van der Waals surface area contributed by atoms with Crippen molar-refractivity contribution in [1.82, 2.24) is 15.3 Å². The second kappa shape index (κ2) is 7.31. The highest BCUT2D eigenvalue weighted by atomic mass is 35.5. The van der Waals surface area contributed by atoms with Crippen molar-refractivity contribution in [3.8, 4) is 11.4 Å². The predicted octanol–water partition coefficient (Wildman–Crippen LogP) is 2.45. The van der Waals surface area contributed by atoms with Crippen LogP contribution in [0.1, 0.15) is 10.5 Å². The Morgan fingerprint density at radius 3 is 2.63 bits per heavy atom. The van der Waals surface area contributed by atoms with E-state index < -0.39 is 21.7 Å². The van der Waals surface area contributed by atoms with Crippen LogP contribution in [0, 0.1) is 0 Å². The van der Waals surface area contributed by atoms with Gasteiger partial charge in [-0.1, -0.05) is 21.9 Å². The van der Waals surface area contributed by atoms with Crippen molar-refractivity contribution in [2.24, 2.45) is 0 Å². The number of aromatic nitrogens is 3. The molecule has 0 aliphatic carbocycles. The summed E-state index contributed by atoms with van der Waals surface area (Å²) in [7, 11) is -3.47. The number of anilines is 2. The average Bonchev–Trinajstić information content (AvgIpc) is 3.27. The number of H-pyrrole nitrogens is 1. The summed E-state index contributed by atoms with van der Waals surface area (Å²) >= 11 is 6.01. The molecule has 0 fully saturated rings. The molecule has 1 amide bonds. The highest BCUT2D eigenvalue weighted by molar-refractivity contribution is 7.92. The zero-order valence-electron chi connectivity index (χ0n) is 15.1. The van der Waals surface area contributed by atoms with Gasteiger partial charge in [0.15, 0.2) is 17.1 Å². The number of halogens is 1. The summed E-state index contributed by atoms with van der Waals surface area (Å²) in [5.74, 6) is -1.28. The Hall–Kier alpha value is -3.64. The quantitative estimate of drug-likeness (QED) is 0.418. The first kappa shape index (κ1) is 19.7. The standard InChI is InChI=1S/C17H12ClN5O6S/c1-30(26,27)23-9-3-4-10-13(7-9)28-21-14(10)16(24)19-12-5-2-8(18)6-11(12)15-20-17(25)29-22-15/h2-7,23H,1H3,(H,19,24)(H,20,22,25). The van der Waals surface area contributed by atoms with Gasteiger partial charge in [-0.2, -0.15) is 0 Å². The minimum Gasteiger partial charge on any atom is -0.355 e. The molecule has 0 spiro atoms. The van der Waals surface area contributed by atoms with Gasteiger partial charge < -0.3 is 9.84 Å². The van der Waals surface area contributed by atoms with Crippen molar-refractivity contribution in [2.45, 2.75) is 0 Å². The highest BCUT2D eigenvalue weighted by Gasteiger charge is 2.20. The van der Waals surface area contributed by atoms with Gasteiger partial charge in [0.1, 0.15) is 0 Å². The Bertz CT molecular complexity index is 1440. The Morgan fingerprint density at radius 1 is 1.13 bits per heavy atom. The molecule has 0 aliphatic rings. The van der Waals surface area contributed by atoms with Gasteiger partial charge in [-0.25, -0.2) is 13.2 Å². The number of fused-ring (bicyclic) bond motifs is 1. The van der Waals surface area contributed by atoms with Crippen molar-refractivity contribution in [3.05, 3.63) is 57.7 Å². The summed E-state index contributed by atoms with van der Waals surface area (Å²) in [4.78, 5) is 26.4. The van der Waals surface area contributed by atoms with Gasteiger partial charge in [0, 0.05) is 16.7 Å². The molecule has 0 radical (unpaired) electrons. The van der Waals surface area contributed by atoms with E-state index in [-0.39, 0.29) is 22.8 Å². The fourth-order valence-corrected chi connectivity index (χ4v) is 3.45. The number of sulfonamides is 1. The molecular weight excluding hydrogens is 438 g/mol. The van der Waals surface area contributed by atoms with E-state index in [2.05, 4.69) is 29.9 Å². The Kier molecular flexibility index (Phi) is 4.79. The normalized spacial score (nSPS) is 11.5. The van der Waals surface area contributed by atoms with Gasteiger partial charge in [0.05, 0.1) is 23.0 Å². The van der Waals surface area contributed by atoms with Crippen molar-refractivity contribution in [2.75, 3.05) is 16.3 Å². The first-order valence-corrected chi connectivity index (χ1v) is 10.5. The van der Waals surface area contributed by atoms with Crippen molar-refractivity contribution in [3.63, 3.8) is 0 Å². The lowest BCUT2D eigenvalue weighted by molar-refractivity contribution is 0.102. The Labute approximate surface area is 173 Å². The van der Waals surface area contributed by atoms with Crippen LogP contribution < -0.4 is 15.8 Å². The molecule has 154 valence electrons. The number of hydrogen-bond acceptors (Lipinski definition) is 8.